The number of nitrogens with zero attached hydrogens (tertiary/aromatic N) is 2. The first-order valence-electron chi connectivity index (χ1n) is 10.1. The molecule has 184 valence electrons. The number of methoxy groups -OCH3 is 1. The molecule has 1 saturated heterocycles. The third-order valence-electron chi connectivity index (χ3n) is 4.95. The molecule has 2 heterocycles. The number of hydrogen-bond donors (Lipinski definition) is 1. The quantitative estimate of drug-likeness (QED) is 0.221. The highest BCUT2D eigenvalue weighted by Crippen LogP contribution is 2.38. The Morgan fingerprint density at radius 1 is 1.17 bits per heavy atom. The Bertz CT molecular complexity index is 1420. The Morgan fingerprint density at radius 3 is 2.56 bits per heavy atom. The lowest BCUT2D eigenvalue weighted by Gasteiger charge is -2.12. The molecule has 0 atom stereocenters. The second-order valence-electron chi connectivity index (χ2n) is 7.29. The minimum atomic E-state index is -0.659. The lowest BCUT2D eigenvalue weighted by atomic mass is 10.1. The molecule has 0 unspecified atom stereocenters. The van der Waals surface area contributed by atoms with E-state index in [0.29, 0.717) is 23.2 Å². The molecule has 3 amide bonds. The van der Waals surface area contributed by atoms with Crippen LogP contribution in [0.5, 0.6) is 5.75 Å². The number of thioether (sulfide) groups is 1. The molecule has 4 rings (SSSR count). The highest BCUT2D eigenvalue weighted by Gasteiger charge is 2.36. The van der Waals surface area contributed by atoms with E-state index in [1.54, 1.807) is 24.3 Å². The Labute approximate surface area is 217 Å². The summed E-state index contributed by atoms with van der Waals surface area (Å²) in [5, 5.41) is 13.2. The zero-order valence-corrected chi connectivity index (χ0v) is 20.6. The van der Waals surface area contributed by atoms with E-state index in [1.165, 1.54) is 37.5 Å². The number of halogens is 2. The Kier molecular flexibility index (Phi) is 7.34. The number of rotatable bonds is 7. The minimum absolute atomic E-state index is 0.0475. The van der Waals surface area contributed by atoms with Crippen LogP contribution in [-0.2, 0) is 9.59 Å². The van der Waals surface area contributed by atoms with Gasteiger partial charge >= 0.3 is 0 Å². The maximum atomic E-state index is 12.7. The van der Waals surface area contributed by atoms with Crippen LogP contribution in [0.2, 0.25) is 10.0 Å². The second kappa shape index (κ2) is 10.4. The van der Waals surface area contributed by atoms with Gasteiger partial charge in [0.1, 0.15) is 28.8 Å². The van der Waals surface area contributed by atoms with E-state index in [-0.39, 0.29) is 37.7 Å². The topological polar surface area (TPSA) is 132 Å². The number of amides is 3. The van der Waals surface area contributed by atoms with Gasteiger partial charge in [0, 0.05) is 23.4 Å². The van der Waals surface area contributed by atoms with Crippen LogP contribution in [0, 0.1) is 10.1 Å². The number of nitro groups is 1. The molecule has 36 heavy (non-hydrogen) atoms. The number of nitrogens with one attached hydrogen (secondary N) is 1. The van der Waals surface area contributed by atoms with Crippen molar-refractivity contribution in [2.24, 2.45) is 0 Å². The summed E-state index contributed by atoms with van der Waals surface area (Å²) in [6.07, 6.45) is 1.34. The van der Waals surface area contributed by atoms with Gasteiger partial charge in [0.15, 0.2) is 0 Å². The van der Waals surface area contributed by atoms with Crippen molar-refractivity contribution in [3.63, 3.8) is 0 Å². The highest BCUT2D eigenvalue weighted by atomic mass is 35.5. The molecule has 3 aromatic rings. The monoisotopic (exact) mass is 547 g/mol. The summed E-state index contributed by atoms with van der Waals surface area (Å²) in [5.41, 5.74) is 0.367. The fourth-order valence-corrected chi connectivity index (χ4v) is 4.59. The average Bonchev–Trinajstić information content (AvgIpc) is 3.39. The van der Waals surface area contributed by atoms with Gasteiger partial charge in [0.05, 0.1) is 22.0 Å². The zero-order chi connectivity index (χ0) is 26.0. The molecular weight excluding hydrogens is 533 g/mol. The summed E-state index contributed by atoms with van der Waals surface area (Å²) >= 11 is 12.7. The first kappa shape index (κ1) is 25.3. The smallest absolute Gasteiger partial charge is 0.294 e. The summed E-state index contributed by atoms with van der Waals surface area (Å²) in [7, 11) is 1.52. The fourth-order valence-electron chi connectivity index (χ4n) is 3.23. The van der Waals surface area contributed by atoms with Crippen LogP contribution in [0.1, 0.15) is 5.76 Å². The number of benzene rings is 2. The third kappa shape index (κ3) is 5.38. The summed E-state index contributed by atoms with van der Waals surface area (Å²) in [4.78, 5) is 48.9. The van der Waals surface area contributed by atoms with Crippen molar-refractivity contribution in [1.29, 1.82) is 0 Å². The molecule has 1 aromatic heterocycles. The molecule has 0 spiro atoms. The van der Waals surface area contributed by atoms with Gasteiger partial charge in [-0.3, -0.25) is 29.4 Å². The van der Waals surface area contributed by atoms with E-state index < -0.39 is 28.5 Å². The van der Waals surface area contributed by atoms with Crippen LogP contribution in [-0.4, -0.2) is 40.5 Å². The molecule has 0 aliphatic carbocycles. The van der Waals surface area contributed by atoms with Gasteiger partial charge in [-0.2, -0.15) is 0 Å². The molecule has 1 fully saturated rings. The molecule has 0 bridgehead atoms. The van der Waals surface area contributed by atoms with Crippen LogP contribution in [0.25, 0.3) is 17.4 Å². The van der Waals surface area contributed by atoms with Crippen molar-refractivity contribution in [1.82, 2.24) is 4.90 Å². The zero-order valence-electron chi connectivity index (χ0n) is 18.3. The van der Waals surface area contributed by atoms with E-state index in [1.807, 2.05) is 0 Å². The van der Waals surface area contributed by atoms with E-state index in [0.717, 1.165) is 4.90 Å². The minimum Gasteiger partial charge on any atom is -0.497 e. The summed E-state index contributed by atoms with van der Waals surface area (Å²) in [6, 6.07) is 12.0. The predicted octanol–water partition coefficient (Wildman–Crippen LogP) is 5.85. The maximum Gasteiger partial charge on any atom is 0.294 e. The number of ether oxygens (including phenoxy) is 1. The number of furan rings is 1. The molecule has 10 nitrogen and oxygen atoms in total. The summed E-state index contributed by atoms with van der Waals surface area (Å²) < 4.78 is 10.7. The van der Waals surface area contributed by atoms with Gasteiger partial charge in [0.25, 0.3) is 16.8 Å². The molecular formula is C23H15Cl2N3O7S. The standard InChI is InChI=1S/C23H15Cl2N3O7S/c1-34-13-4-2-12(3-5-13)26-21(29)11-27-22(30)20(36-23(27)31)8-14-6-7-19(35-14)15-9-18(28(32)33)17(25)10-16(15)24/h2-10H,11H2,1H3,(H,26,29)/b20-8+. The van der Waals surface area contributed by atoms with Crippen LogP contribution in [0.3, 0.4) is 0 Å². The lowest BCUT2D eigenvalue weighted by Crippen LogP contribution is -2.36. The molecule has 1 aliphatic heterocycles. The fraction of sp³-hybridized carbons (Fsp3) is 0.0870. The molecule has 0 saturated carbocycles. The van der Waals surface area contributed by atoms with Crippen molar-refractivity contribution in [3.05, 3.63) is 79.4 Å². The van der Waals surface area contributed by atoms with Gasteiger partial charge < -0.3 is 14.5 Å². The van der Waals surface area contributed by atoms with E-state index in [2.05, 4.69) is 5.32 Å². The van der Waals surface area contributed by atoms with Gasteiger partial charge in [-0.1, -0.05) is 23.2 Å². The van der Waals surface area contributed by atoms with Crippen LogP contribution >= 0.6 is 35.0 Å². The SMILES string of the molecule is COc1ccc(NC(=O)CN2C(=O)S/C(=C/c3ccc(-c4cc([N+](=O)[O-])c(Cl)cc4Cl)o3)C2=O)cc1. The molecule has 1 aliphatic rings. The lowest BCUT2D eigenvalue weighted by molar-refractivity contribution is -0.384. The molecule has 13 heteroatoms. The number of carbonyl (C=O) groups is 3. The Hall–Kier alpha value is -3.80. The number of nitro benzene ring substituents is 1. The van der Waals surface area contributed by atoms with Gasteiger partial charge in [-0.25, -0.2) is 0 Å². The first-order chi connectivity index (χ1) is 17.2. The van der Waals surface area contributed by atoms with Crippen LogP contribution in [0.4, 0.5) is 16.2 Å². The van der Waals surface area contributed by atoms with Gasteiger partial charge in [0.2, 0.25) is 5.91 Å². The second-order valence-corrected chi connectivity index (χ2v) is 9.09. The molecule has 0 radical (unpaired) electrons. The van der Waals surface area contributed by atoms with Crippen molar-refractivity contribution in [2.75, 3.05) is 19.0 Å². The molecule has 1 N–H and O–H groups in total. The van der Waals surface area contributed by atoms with Gasteiger partial charge in [-0.05, 0) is 54.2 Å². The molecule has 2 aromatic carbocycles. The highest BCUT2D eigenvalue weighted by molar-refractivity contribution is 8.18. The maximum absolute atomic E-state index is 12.7. The van der Waals surface area contributed by atoms with Crippen molar-refractivity contribution >= 4 is 69.5 Å². The summed E-state index contributed by atoms with van der Waals surface area (Å²) in [5.74, 6) is -0.200. The Balaban J connectivity index is 1.48. The predicted molar refractivity (Wildman–Crippen MR) is 135 cm³/mol. The van der Waals surface area contributed by atoms with Crippen LogP contribution in [0.15, 0.2) is 57.9 Å². The summed E-state index contributed by atoms with van der Waals surface area (Å²) in [6.45, 7) is -0.471. The van der Waals surface area contributed by atoms with Crippen LogP contribution < -0.4 is 10.1 Å². The third-order valence-corrected chi connectivity index (χ3v) is 6.47. The number of hydrogen-bond acceptors (Lipinski definition) is 8. The number of imide groups is 1. The van der Waals surface area contributed by atoms with Crippen molar-refractivity contribution in [3.8, 4) is 17.1 Å². The van der Waals surface area contributed by atoms with E-state index in [4.69, 9.17) is 32.4 Å². The Morgan fingerprint density at radius 2 is 1.89 bits per heavy atom. The van der Waals surface area contributed by atoms with Gasteiger partial charge in [-0.15, -0.1) is 0 Å². The van der Waals surface area contributed by atoms with E-state index in [9.17, 15) is 24.5 Å². The van der Waals surface area contributed by atoms with Crippen molar-refractivity contribution < 1.29 is 28.5 Å². The first-order valence-corrected chi connectivity index (χ1v) is 11.7. The average molecular weight is 548 g/mol. The number of anilines is 1. The van der Waals surface area contributed by atoms with E-state index >= 15 is 0 Å². The normalized spacial score (nSPS) is 14.4. The van der Waals surface area contributed by atoms with Crippen molar-refractivity contribution in [2.45, 2.75) is 0 Å². The number of carbonyl (C=O) groups excluding carboxylic acids is 3. The largest absolute Gasteiger partial charge is 0.497 e.